The minimum Gasteiger partial charge on any atom is -0.480 e. The van der Waals surface area contributed by atoms with E-state index in [0.29, 0.717) is 13.0 Å². The molecular formula is C15H20N2O4. The highest BCUT2D eigenvalue weighted by molar-refractivity contribution is 5.87. The summed E-state index contributed by atoms with van der Waals surface area (Å²) in [6.45, 7) is 0.905. The molecule has 1 aromatic carbocycles. The summed E-state index contributed by atoms with van der Waals surface area (Å²) in [5, 5.41) is 14.8. The van der Waals surface area contributed by atoms with Crippen LogP contribution >= 0.6 is 0 Å². The minimum atomic E-state index is -1.04. The lowest BCUT2D eigenvalue weighted by molar-refractivity contribution is -0.142. The summed E-state index contributed by atoms with van der Waals surface area (Å²) in [6.07, 6.45) is 0.819. The molecule has 1 aliphatic heterocycles. The smallest absolute Gasteiger partial charge is 0.326 e. The van der Waals surface area contributed by atoms with Crippen LogP contribution in [0.4, 0.5) is 0 Å². The molecule has 0 saturated carbocycles. The maximum atomic E-state index is 12.2. The van der Waals surface area contributed by atoms with Crippen LogP contribution in [0.5, 0.6) is 0 Å². The van der Waals surface area contributed by atoms with Crippen LogP contribution in [-0.4, -0.2) is 42.8 Å². The number of nitrogens with one attached hydrogen (secondary N) is 2. The number of hydrogen-bond donors (Lipinski definition) is 3. The van der Waals surface area contributed by atoms with Crippen molar-refractivity contribution in [3.63, 3.8) is 0 Å². The largest absolute Gasteiger partial charge is 0.480 e. The van der Waals surface area contributed by atoms with E-state index < -0.39 is 18.1 Å². The van der Waals surface area contributed by atoms with Crippen molar-refractivity contribution in [1.82, 2.24) is 10.6 Å². The molecule has 0 bridgehead atoms. The van der Waals surface area contributed by atoms with Crippen LogP contribution in [-0.2, 0) is 27.3 Å². The molecule has 3 N–H and O–H groups in total. The Morgan fingerprint density at radius 2 is 2.14 bits per heavy atom. The number of fused-ring (bicyclic) bond motifs is 1. The number of ether oxygens (including phenoxy) is 1. The van der Waals surface area contributed by atoms with Gasteiger partial charge in [-0.05, 0) is 17.5 Å². The third-order valence-electron chi connectivity index (χ3n) is 3.62. The predicted octanol–water partition coefficient (Wildman–Crippen LogP) is 0.307. The molecular weight excluding hydrogens is 272 g/mol. The average Bonchev–Trinajstić information content (AvgIpc) is 2.50. The molecule has 2 atom stereocenters. The molecule has 114 valence electrons. The van der Waals surface area contributed by atoms with E-state index in [0.717, 1.165) is 5.56 Å². The Bertz CT molecular complexity index is 518. The fraction of sp³-hybridized carbons (Fsp3) is 0.467. The van der Waals surface area contributed by atoms with E-state index in [1.165, 1.54) is 12.7 Å². The Kier molecular flexibility index (Phi) is 5.30. The molecule has 0 fully saturated rings. The fourth-order valence-corrected chi connectivity index (χ4v) is 2.41. The topological polar surface area (TPSA) is 87.7 Å². The molecule has 0 aromatic heterocycles. The number of rotatable bonds is 6. The highest BCUT2D eigenvalue weighted by atomic mass is 16.5. The van der Waals surface area contributed by atoms with Crippen LogP contribution in [0.2, 0.25) is 0 Å². The van der Waals surface area contributed by atoms with Crippen molar-refractivity contribution in [3.8, 4) is 0 Å². The Balaban J connectivity index is 1.96. The molecule has 1 aliphatic rings. The van der Waals surface area contributed by atoms with Gasteiger partial charge in [0.2, 0.25) is 5.91 Å². The number of amides is 1. The number of methoxy groups -OCH3 is 1. The Morgan fingerprint density at radius 3 is 2.81 bits per heavy atom. The quantitative estimate of drug-likeness (QED) is 0.702. The second kappa shape index (κ2) is 7.19. The van der Waals surface area contributed by atoms with Crippen LogP contribution in [0.15, 0.2) is 24.3 Å². The number of hydrogen-bond acceptors (Lipinski definition) is 4. The van der Waals surface area contributed by atoms with Gasteiger partial charge in [-0.15, -0.1) is 0 Å². The first-order valence-corrected chi connectivity index (χ1v) is 6.94. The normalized spacial score (nSPS) is 18.6. The van der Waals surface area contributed by atoms with Crippen LogP contribution in [0.1, 0.15) is 17.5 Å². The van der Waals surface area contributed by atoms with Crippen LogP contribution in [0, 0.1) is 0 Å². The molecule has 1 unspecified atom stereocenters. The second-order valence-corrected chi connectivity index (χ2v) is 5.09. The molecule has 0 aliphatic carbocycles. The lowest BCUT2D eigenvalue weighted by Crippen LogP contribution is -2.52. The van der Waals surface area contributed by atoms with Gasteiger partial charge in [0, 0.05) is 26.7 Å². The maximum Gasteiger partial charge on any atom is 0.326 e. The Morgan fingerprint density at radius 1 is 1.43 bits per heavy atom. The summed E-state index contributed by atoms with van der Waals surface area (Å²) < 4.78 is 4.87. The van der Waals surface area contributed by atoms with Gasteiger partial charge in [0.05, 0.1) is 6.04 Å². The van der Waals surface area contributed by atoms with Gasteiger partial charge in [0.15, 0.2) is 0 Å². The zero-order valence-corrected chi connectivity index (χ0v) is 12.0. The van der Waals surface area contributed by atoms with E-state index in [1.54, 1.807) is 0 Å². The first-order valence-electron chi connectivity index (χ1n) is 6.94. The molecule has 0 saturated heterocycles. The van der Waals surface area contributed by atoms with E-state index >= 15 is 0 Å². The van der Waals surface area contributed by atoms with Gasteiger partial charge in [0.25, 0.3) is 0 Å². The zero-order valence-electron chi connectivity index (χ0n) is 12.0. The lowest BCUT2D eigenvalue weighted by Gasteiger charge is -2.26. The van der Waals surface area contributed by atoms with Crippen molar-refractivity contribution in [1.29, 1.82) is 0 Å². The second-order valence-electron chi connectivity index (χ2n) is 5.09. The van der Waals surface area contributed by atoms with Crippen molar-refractivity contribution in [2.45, 2.75) is 31.5 Å². The number of benzene rings is 1. The molecule has 1 amide bonds. The van der Waals surface area contributed by atoms with E-state index in [-0.39, 0.29) is 18.9 Å². The summed E-state index contributed by atoms with van der Waals surface area (Å²) in [6, 6.07) is 6.61. The van der Waals surface area contributed by atoms with Crippen molar-refractivity contribution >= 4 is 11.9 Å². The van der Waals surface area contributed by atoms with Gasteiger partial charge in [-0.1, -0.05) is 24.3 Å². The summed E-state index contributed by atoms with van der Waals surface area (Å²) in [5.74, 6) is -1.33. The molecule has 6 heteroatoms. The Hall–Kier alpha value is -1.92. The maximum absolute atomic E-state index is 12.2. The fourth-order valence-electron chi connectivity index (χ4n) is 2.41. The summed E-state index contributed by atoms with van der Waals surface area (Å²) >= 11 is 0. The van der Waals surface area contributed by atoms with Gasteiger partial charge in [-0.25, -0.2) is 4.79 Å². The van der Waals surface area contributed by atoms with Crippen molar-refractivity contribution in [3.05, 3.63) is 35.4 Å². The predicted molar refractivity (Wildman–Crippen MR) is 76.8 cm³/mol. The minimum absolute atomic E-state index is 0.251. The lowest BCUT2D eigenvalue weighted by atomic mass is 9.95. The Labute approximate surface area is 123 Å². The van der Waals surface area contributed by atoms with E-state index in [9.17, 15) is 9.59 Å². The van der Waals surface area contributed by atoms with Gasteiger partial charge in [-0.3, -0.25) is 4.79 Å². The molecule has 6 nitrogen and oxygen atoms in total. The molecule has 21 heavy (non-hydrogen) atoms. The summed E-state index contributed by atoms with van der Waals surface area (Å²) in [5.41, 5.74) is 2.30. The van der Waals surface area contributed by atoms with Crippen molar-refractivity contribution < 1.29 is 19.4 Å². The van der Waals surface area contributed by atoms with Gasteiger partial charge in [0.1, 0.15) is 6.04 Å². The van der Waals surface area contributed by atoms with Crippen LogP contribution < -0.4 is 10.6 Å². The molecule has 0 spiro atoms. The van der Waals surface area contributed by atoms with E-state index in [1.807, 2.05) is 24.3 Å². The van der Waals surface area contributed by atoms with Gasteiger partial charge >= 0.3 is 5.97 Å². The molecule has 0 radical (unpaired) electrons. The number of carbonyl (C=O) groups is 2. The standard InChI is InChI=1S/C15H20N2O4/c1-21-7-6-12(15(19)20)17-14(18)13-8-10-4-2-3-5-11(10)9-16-13/h2-5,12-13,16H,6-9H2,1H3,(H,17,18)(H,19,20)/t12?,13-/m0/s1. The van der Waals surface area contributed by atoms with E-state index in [4.69, 9.17) is 9.84 Å². The van der Waals surface area contributed by atoms with Gasteiger partial charge < -0.3 is 20.5 Å². The first-order chi connectivity index (χ1) is 10.1. The first kappa shape index (κ1) is 15.5. The number of carboxylic acids is 1. The molecule has 1 heterocycles. The SMILES string of the molecule is COCCC(NC(=O)[C@@H]1Cc2ccccc2CN1)C(=O)O. The number of carbonyl (C=O) groups excluding carboxylic acids is 1. The van der Waals surface area contributed by atoms with Gasteiger partial charge in [-0.2, -0.15) is 0 Å². The van der Waals surface area contributed by atoms with Crippen LogP contribution in [0.25, 0.3) is 0 Å². The highest BCUT2D eigenvalue weighted by Gasteiger charge is 2.27. The van der Waals surface area contributed by atoms with Crippen molar-refractivity contribution in [2.24, 2.45) is 0 Å². The monoisotopic (exact) mass is 292 g/mol. The molecule has 1 aromatic rings. The summed E-state index contributed by atoms with van der Waals surface area (Å²) in [7, 11) is 1.50. The molecule has 2 rings (SSSR count). The average molecular weight is 292 g/mol. The highest BCUT2D eigenvalue weighted by Crippen LogP contribution is 2.16. The summed E-state index contributed by atoms with van der Waals surface area (Å²) in [4.78, 5) is 23.3. The zero-order chi connectivity index (χ0) is 15.2. The van der Waals surface area contributed by atoms with Crippen molar-refractivity contribution in [2.75, 3.05) is 13.7 Å². The van der Waals surface area contributed by atoms with E-state index in [2.05, 4.69) is 10.6 Å². The number of carboxylic acid groups (broad SMARTS) is 1. The third-order valence-corrected chi connectivity index (χ3v) is 3.62. The van der Waals surface area contributed by atoms with Crippen LogP contribution in [0.3, 0.4) is 0 Å². The number of aliphatic carboxylic acids is 1. The third kappa shape index (κ3) is 4.03.